The fourth-order valence-corrected chi connectivity index (χ4v) is 6.27. The van der Waals surface area contributed by atoms with Crippen LogP contribution in [0.4, 0.5) is 0 Å². The minimum atomic E-state index is -0.126. The van der Waals surface area contributed by atoms with Gasteiger partial charge in [0.15, 0.2) is 17.3 Å². The third-order valence-corrected chi connectivity index (χ3v) is 6.99. The van der Waals surface area contributed by atoms with Crippen LogP contribution >= 0.6 is 0 Å². The molecule has 1 aromatic rings. The first-order valence-corrected chi connectivity index (χ1v) is 9.89. The predicted octanol–water partition coefficient (Wildman–Crippen LogP) is 4.23. The maximum Gasteiger partial charge on any atom is 0.231 e. The number of carbonyl (C=O) groups excluding carboxylic acids is 1. The van der Waals surface area contributed by atoms with Gasteiger partial charge < -0.3 is 18.9 Å². The number of rotatable bonds is 5. The number of allylic oxidation sites excluding steroid dienone is 1. The van der Waals surface area contributed by atoms with Crippen LogP contribution in [-0.2, 0) is 4.79 Å². The summed E-state index contributed by atoms with van der Waals surface area (Å²) in [5, 5.41) is 0. The molecule has 1 aromatic carbocycles. The second-order valence-corrected chi connectivity index (χ2v) is 8.66. The van der Waals surface area contributed by atoms with Crippen LogP contribution in [0.3, 0.4) is 0 Å². The summed E-state index contributed by atoms with van der Waals surface area (Å²) in [6.45, 7) is 0.140. The topological polar surface area (TPSA) is 54.0 Å². The van der Waals surface area contributed by atoms with Crippen LogP contribution < -0.4 is 18.9 Å². The molecule has 1 heterocycles. The molecular weight excluding hydrogens is 344 g/mol. The van der Waals surface area contributed by atoms with Crippen LogP contribution in [0.2, 0.25) is 0 Å². The van der Waals surface area contributed by atoms with E-state index in [4.69, 9.17) is 18.9 Å². The predicted molar refractivity (Wildman–Crippen MR) is 100 cm³/mol. The highest BCUT2D eigenvalue weighted by Gasteiger charge is 2.53. The second kappa shape index (κ2) is 6.18. The first-order chi connectivity index (χ1) is 13.1. The van der Waals surface area contributed by atoms with Crippen molar-refractivity contribution >= 4 is 11.9 Å². The Hall–Kier alpha value is -2.17. The lowest BCUT2D eigenvalue weighted by Gasteiger charge is -2.55. The zero-order valence-electron chi connectivity index (χ0n) is 16.0. The van der Waals surface area contributed by atoms with Crippen LogP contribution in [0.1, 0.15) is 44.1 Å². The summed E-state index contributed by atoms with van der Waals surface area (Å²) < 4.78 is 22.0. The molecule has 0 spiro atoms. The highest BCUT2D eigenvalue weighted by molar-refractivity contribution is 5.99. The van der Waals surface area contributed by atoms with Gasteiger partial charge in [-0.2, -0.15) is 0 Å². The molecule has 0 saturated heterocycles. The molecule has 144 valence electrons. The number of fused-ring (bicyclic) bond motifs is 1. The van der Waals surface area contributed by atoms with Gasteiger partial charge in [0.25, 0.3) is 0 Å². The molecule has 0 N–H and O–H groups in total. The molecule has 0 amide bonds. The fraction of sp³-hybridized carbons (Fsp3) is 0.591. The van der Waals surface area contributed by atoms with Gasteiger partial charge >= 0.3 is 0 Å². The molecule has 0 aromatic heterocycles. The molecule has 1 aliphatic heterocycles. The Labute approximate surface area is 159 Å². The number of hydrogen-bond donors (Lipinski definition) is 0. The molecule has 0 atom stereocenters. The van der Waals surface area contributed by atoms with E-state index in [9.17, 15) is 4.79 Å². The number of ether oxygens (including phenoxy) is 4. The highest BCUT2D eigenvalue weighted by Crippen LogP contribution is 2.60. The molecule has 5 aliphatic rings. The van der Waals surface area contributed by atoms with E-state index in [-0.39, 0.29) is 18.0 Å². The fourth-order valence-electron chi connectivity index (χ4n) is 6.27. The van der Waals surface area contributed by atoms with Crippen molar-refractivity contribution in [2.45, 2.75) is 38.5 Å². The van der Waals surface area contributed by atoms with Gasteiger partial charge in [-0.15, -0.1) is 0 Å². The van der Waals surface area contributed by atoms with Crippen molar-refractivity contribution in [2.75, 3.05) is 21.0 Å². The van der Waals surface area contributed by atoms with Crippen molar-refractivity contribution in [1.29, 1.82) is 0 Å². The van der Waals surface area contributed by atoms with Crippen LogP contribution in [-0.4, -0.2) is 26.8 Å². The molecule has 6 rings (SSSR count). The summed E-state index contributed by atoms with van der Waals surface area (Å²) in [6.07, 6.45) is 10.8. The lowest BCUT2D eigenvalue weighted by Crippen LogP contribution is -2.49. The summed E-state index contributed by atoms with van der Waals surface area (Å²) in [6, 6.07) is 1.84. The Balaban J connectivity index is 1.45. The monoisotopic (exact) mass is 370 g/mol. The minimum Gasteiger partial charge on any atom is -0.493 e. The lowest BCUT2D eigenvalue weighted by molar-refractivity contribution is -0.138. The quantitative estimate of drug-likeness (QED) is 0.726. The zero-order chi connectivity index (χ0) is 18.6. The average molecular weight is 370 g/mol. The lowest BCUT2D eigenvalue weighted by atomic mass is 9.48. The van der Waals surface area contributed by atoms with Crippen molar-refractivity contribution in [3.63, 3.8) is 0 Å². The van der Waals surface area contributed by atoms with E-state index in [1.165, 1.54) is 19.3 Å². The van der Waals surface area contributed by atoms with Crippen LogP contribution in [0.15, 0.2) is 12.1 Å². The molecule has 4 aliphatic carbocycles. The van der Waals surface area contributed by atoms with E-state index in [2.05, 4.69) is 0 Å². The molecule has 4 bridgehead atoms. The van der Waals surface area contributed by atoms with Gasteiger partial charge in [-0.05, 0) is 74.5 Å². The van der Waals surface area contributed by atoms with Crippen molar-refractivity contribution in [2.24, 2.45) is 23.2 Å². The molecule has 5 nitrogen and oxygen atoms in total. The first kappa shape index (κ1) is 17.0. The number of carbonyl (C=O) groups is 1. The van der Waals surface area contributed by atoms with Gasteiger partial charge in [-0.25, -0.2) is 0 Å². The summed E-state index contributed by atoms with van der Waals surface area (Å²) in [7, 11) is 3.19. The van der Waals surface area contributed by atoms with E-state index in [0.29, 0.717) is 23.0 Å². The molecule has 27 heavy (non-hydrogen) atoms. The van der Waals surface area contributed by atoms with Crippen molar-refractivity contribution < 1.29 is 23.7 Å². The largest absolute Gasteiger partial charge is 0.493 e. The van der Waals surface area contributed by atoms with E-state index >= 15 is 0 Å². The first-order valence-electron chi connectivity index (χ1n) is 9.89. The third kappa shape index (κ3) is 2.62. The normalized spacial score (nSPS) is 32.9. The van der Waals surface area contributed by atoms with E-state index in [1.54, 1.807) is 20.3 Å². The number of benzene rings is 1. The maximum absolute atomic E-state index is 13.2. The molecule has 4 saturated carbocycles. The standard InChI is InChI=1S/C22H26O5/c1-24-17-8-16(19(25-2)21-20(17)26-12-27-21)3-4-18(23)22-9-13-5-14(10-22)7-15(6-13)11-22/h3-4,8,13-15H,5-7,9-12H2,1-2H3/b4-3+. The summed E-state index contributed by atoms with van der Waals surface area (Å²) in [4.78, 5) is 13.2. The Morgan fingerprint density at radius 1 is 1.04 bits per heavy atom. The Bertz CT molecular complexity index is 774. The maximum atomic E-state index is 13.2. The van der Waals surface area contributed by atoms with Gasteiger partial charge in [0.1, 0.15) is 0 Å². The summed E-state index contributed by atoms with van der Waals surface area (Å²) >= 11 is 0. The Morgan fingerprint density at radius 3 is 2.26 bits per heavy atom. The van der Waals surface area contributed by atoms with E-state index in [1.807, 2.05) is 12.1 Å². The third-order valence-electron chi connectivity index (χ3n) is 6.99. The van der Waals surface area contributed by atoms with E-state index < -0.39 is 0 Å². The van der Waals surface area contributed by atoms with Crippen molar-refractivity contribution in [1.82, 2.24) is 0 Å². The van der Waals surface area contributed by atoms with Crippen molar-refractivity contribution in [3.8, 4) is 23.0 Å². The number of hydrogen-bond acceptors (Lipinski definition) is 5. The summed E-state index contributed by atoms with van der Waals surface area (Å²) in [5.74, 6) is 4.82. The van der Waals surface area contributed by atoms with Gasteiger partial charge in [0, 0.05) is 11.0 Å². The Kier molecular flexibility index (Phi) is 3.88. The van der Waals surface area contributed by atoms with Crippen molar-refractivity contribution in [3.05, 3.63) is 17.7 Å². The summed E-state index contributed by atoms with van der Waals surface area (Å²) in [5.41, 5.74) is 0.649. The second-order valence-electron chi connectivity index (χ2n) is 8.66. The van der Waals surface area contributed by atoms with Gasteiger partial charge in [-0.3, -0.25) is 4.79 Å². The number of ketones is 1. The highest BCUT2D eigenvalue weighted by atomic mass is 16.7. The number of methoxy groups -OCH3 is 2. The van der Waals surface area contributed by atoms with Crippen LogP contribution in [0.5, 0.6) is 23.0 Å². The van der Waals surface area contributed by atoms with E-state index in [0.717, 1.165) is 42.6 Å². The Morgan fingerprint density at radius 2 is 1.67 bits per heavy atom. The molecular formula is C22H26O5. The van der Waals surface area contributed by atoms with Gasteiger partial charge in [-0.1, -0.05) is 0 Å². The smallest absolute Gasteiger partial charge is 0.231 e. The van der Waals surface area contributed by atoms with Crippen LogP contribution in [0, 0.1) is 23.2 Å². The molecule has 0 unspecified atom stereocenters. The molecule has 0 radical (unpaired) electrons. The van der Waals surface area contributed by atoms with Gasteiger partial charge in [0.2, 0.25) is 18.3 Å². The average Bonchev–Trinajstić information content (AvgIpc) is 3.13. The zero-order valence-corrected chi connectivity index (χ0v) is 16.0. The van der Waals surface area contributed by atoms with Crippen LogP contribution in [0.25, 0.3) is 6.08 Å². The minimum absolute atomic E-state index is 0.126. The SMILES string of the molecule is COc1cc(/C=C/C(=O)C23CC4CC(CC(C4)C2)C3)c(OC)c2c1OCO2. The molecule has 5 heteroatoms. The van der Waals surface area contributed by atoms with Gasteiger partial charge in [0.05, 0.1) is 14.2 Å². The molecule has 4 fully saturated rings.